The maximum Gasteiger partial charge on any atom is 0.196 e. The van der Waals surface area contributed by atoms with Gasteiger partial charge in [-0.15, -0.1) is 0 Å². The van der Waals surface area contributed by atoms with E-state index in [4.69, 9.17) is 0 Å². The molecule has 0 fully saturated rings. The van der Waals surface area contributed by atoms with Crippen LogP contribution in [0.15, 0.2) is 60.7 Å². The fourth-order valence-electron chi connectivity index (χ4n) is 4.47. The molecule has 2 heterocycles. The first-order valence-electron chi connectivity index (χ1n) is 9.39. The lowest BCUT2D eigenvalue weighted by atomic mass is 9.92. The molecule has 1 aliphatic rings. The number of carbonyl (C=O) groups is 1. The molecule has 26 heavy (non-hydrogen) atoms. The van der Waals surface area contributed by atoms with Crippen LogP contribution < -0.4 is 0 Å². The number of nitrogens with zero attached hydrogens (tertiary/aromatic N) is 1. The summed E-state index contributed by atoms with van der Waals surface area (Å²) in [7, 11) is 0. The first-order chi connectivity index (χ1) is 12.8. The van der Waals surface area contributed by atoms with Gasteiger partial charge in [0.15, 0.2) is 5.78 Å². The van der Waals surface area contributed by atoms with Gasteiger partial charge in [-0.2, -0.15) is 0 Å². The molecule has 4 aromatic rings. The quantitative estimate of drug-likeness (QED) is 0.431. The first kappa shape index (κ1) is 15.4. The molecule has 0 aliphatic carbocycles. The molecule has 0 spiro atoms. The van der Waals surface area contributed by atoms with Crippen LogP contribution >= 0.6 is 0 Å². The molecule has 2 nitrogen and oxygen atoms in total. The lowest BCUT2D eigenvalue weighted by molar-refractivity contribution is 0.104. The molecule has 3 aromatic carbocycles. The number of aromatic nitrogens is 1. The lowest BCUT2D eigenvalue weighted by Crippen LogP contribution is -2.13. The zero-order chi connectivity index (χ0) is 17.7. The van der Waals surface area contributed by atoms with Crippen molar-refractivity contribution in [1.82, 2.24) is 4.57 Å². The Hall–Kier alpha value is -2.87. The Bertz CT molecular complexity index is 1170. The summed E-state index contributed by atoms with van der Waals surface area (Å²) in [4.78, 5) is 13.7. The fourth-order valence-corrected chi connectivity index (χ4v) is 4.47. The molecule has 1 aliphatic heterocycles. The fraction of sp³-hybridized carbons (Fsp3) is 0.208. The molecule has 2 heteroatoms. The average molecular weight is 339 g/mol. The highest BCUT2D eigenvalue weighted by Gasteiger charge is 2.25. The second kappa shape index (κ2) is 5.84. The number of para-hydroxylation sites is 1. The molecule has 0 amide bonds. The number of ketones is 1. The van der Waals surface area contributed by atoms with Gasteiger partial charge < -0.3 is 4.57 Å². The van der Waals surface area contributed by atoms with Crippen molar-refractivity contribution in [3.8, 4) is 0 Å². The van der Waals surface area contributed by atoms with Crippen LogP contribution in [-0.4, -0.2) is 10.4 Å². The Kier molecular flexibility index (Phi) is 3.46. The third-order valence-electron chi connectivity index (χ3n) is 5.74. The monoisotopic (exact) mass is 339 g/mol. The van der Waals surface area contributed by atoms with Gasteiger partial charge in [-0.1, -0.05) is 54.6 Å². The van der Waals surface area contributed by atoms with Crippen LogP contribution in [0.3, 0.4) is 0 Å². The van der Waals surface area contributed by atoms with Crippen LogP contribution in [-0.2, 0) is 13.0 Å². The SMILES string of the molecule is Cc1ccc(C(=O)c2c3n(c4ccccc24)CCCC3)c2ccccc12. The Morgan fingerprint density at radius 3 is 2.42 bits per heavy atom. The van der Waals surface area contributed by atoms with Gasteiger partial charge in [-0.25, -0.2) is 0 Å². The molecule has 0 bridgehead atoms. The normalized spacial score (nSPS) is 13.9. The van der Waals surface area contributed by atoms with Crippen LogP contribution in [0.5, 0.6) is 0 Å². The molecular formula is C24H21NO. The van der Waals surface area contributed by atoms with E-state index in [1.807, 2.05) is 24.3 Å². The number of rotatable bonds is 2. The first-order valence-corrected chi connectivity index (χ1v) is 9.39. The van der Waals surface area contributed by atoms with Crippen molar-refractivity contribution in [2.75, 3.05) is 0 Å². The number of carbonyl (C=O) groups excluding carboxylic acids is 1. The lowest BCUT2D eigenvalue weighted by Gasteiger charge is -2.17. The van der Waals surface area contributed by atoms with Crippen molar-refractivity contribution in [1.29, 1.82) is 0 Å². The van der Waals surface area contributed by atoms with Gasteiger partial charge in [-0.05, 0) is 48.6 Å². The van der Waals surface area contributed by atoms with E-state index in [0.717, 1.165) is 46.7 Å². The Morgan fingerprint density at radius 2 is 1.58 bits per heavy atom. The van der Waals surface area contributed by atoms with E-state index in [2.05, 4.69) is 47.9 Å². The summed E-state index contributed by atoms with van der Waals surface area (Å²) in [5, 5.41) is 3.31. The summed E-state index contributed by atoms with van der Waals surface area (Å²) >= 11 is 0. The minimum atomic E-state index is 0.160. The van der Waals surface area contributed by atoms with Gasteiger partial charge in [-0.3, -0.25) is 4.79 Å². The van der Waals surface area contributed by atoms with Gasteiger partial charge in [0.1, 0.15) is 0 Å². The smallest absolute Gasteiger partial charge is 0.196 e. The van der Waals surface area contributed by atoms with Gasteiger partial charge in [0, 0.05) is 28.7 Å². The summed E-state index contributed by atoms with van der Waals surface area (Å²) in [5.41, 5.74) is 5.35. The number of benzene rings is 3. The predicted molar refractivity (Wildman–Crippen MR) is 107 cm³/mol. The zero-order valence-electron chi connectivity index (χ0n) is 15.0. The van der Waals surface area contributed by atoms with E-state index >= 15 is 0 Å². The van der Waals surface area contributed by atoms with Crippen LogP contribution in [0, 0.1) is 6.92 Å². The van der Waals surface area contributed by atoms with Crippen molar-refractivity contribution in [3.63, 3.8) is 0 Å². The van der Waals surface area contributed by atoms with Crippen LogP contribution in [0.25, 0.3) is 21.7 Å². The van der Waals surface area contributed by atoms with Crippen molar-refractivity contribution in [2.24, 2.45) is 0 Å². The second-order valence-electron chi connectivity index (χ2n) is 7.25. The van der Waals surface area contributed by atoms with E-state index in [0.29, 0.717) is 0 Å². The minimum absolute atomic E-state index is 0.160. The van der Waals surface area contributed by atoms with Crippen molar-refractivity contribution < 1.29 is 4.79 Å². The maximum absolute atomic E-state index is 13.7. The molecule has 5 rings (SSSR count). The van der Waals surface area contributed by atoms with Crippen LogP contribution in [0.4, 0.5) is 0 Å². The highest BCUT2D eigenvalue weighted by Crippen LogP contribution is 2.34. The Balaban J connectivity index is 1.80. The molecule has 1 aromatic heterocycles. The maximum atomic E-state index is 13.7. The van der Waals surface area contributed by atoms with Gasteiger partial charge in [0.2, 0.25) is 0 Å². The van der Waals surface area contributed by atoms with Crippen LogP contribution in [0.1, 0.15) is 40.0 Å². The zero-order valence-corrected chi connectivity index (χ0v) is 15.0. The summed E-state index contributed by atoms with van der Waals surface area (Å²) < 4.78 is 2.36. The summed E-state index contributed by atoms with van der Waals surface area (Å²) in [5.74, 6) is 0.160. The van der Waals surface area contributed by atoms with Gasteiger partial charge in [0.05, 0.1) is 5.56 Å². The summed E-state index contributed by atoms with van der Waals surface area (Å²) in [6.45, 7) is 3.12. The standard InChI is InChI=1S/C24H21NO/c1-16-13-14-19(18-9-3-2-8-17(16)18)24(26)23-20-10-4-5-11-21(20)25-15-7-6-12-22(23)25/h2-5,8-11,13-14H,6-7,12,15H2,1H3. The largest absolute Gasteiger partial charge is 0.344 e. The molecule has 0 atom stereocenters. The molecule has 0 saturated carbocycles. The number of aryl methyl sites for hydroxylation is 2. The minimum Gasteiger partial charge on any atom is -0.344 e. The highest BCUT2D eigenvalue weighted by atomic mass is 16.1. The number of fused-ring (bicyclic) bond motifs is 4. The van der Waals surface area contributed by atoms with Crippen molar-refractivity contribution in [3.05, 3.63) is 83.0 Å². The average Bonchev–Trinajstić information content (AvgIpc) is 3.03. The molecule has 0 saturated heterocycles. The van der Waals surface area contributed by atoms with Gasteiger partial charge >= 0.3 is 0 Å². The second-order valence-corrected chi connectivity index (χ2v) is 7.25. The molecule has 128 valence electrons. The van der Waals surface area contributed by atoms with E-state index < -0.39 is 0 Å². The molecule has 0 radical (unpaired) electrons. The third-order valence-corrected chi connectivity index (χ3v) is 5.74. The third kappa shape index (κ3) is 2.15. The topological polar surface area (TPSA) is 22.0 Å². The molecular weight excluding hydrogens is 318 g/mol. The Morgan fingerprint density at radius 1 is 0.846 bits per heavy atom. The van der Waals surface area contributed by atoms with E-state index in [1.54, 1.807) is 0 Å². The van der Waals surface area contributed by atoms with E-state index in [-0.39, 0.29) is 5.78 Å². The predicted octanol–water partition coefficient (Wildman–Crippen LogP) is 5.67. The van der Waals surface area contributed by atoms with E-state index in [9.17, 15) is 4.79 Å². The number of hydrogen-bond acceptors (Lipinski definition) is 1. The molecule has 0 N–H and O–H groups in total. The van der Waals surface area contributed by atoms with Crippen molar-refractivity contribution >= 4 is 27.5 Å². The van der Waals surface area contributed by atoms with Gasteiger partial charge in [0.25, 0.3) is 0 Å². The molecule has 0 unspecified atom stereocenters. The number of hydrogen-bond donors (Lipinski definition) is 0. The summed E-state index contributed by atoms with van der Waals surface area (Å²) in [6, 6.07) is 20.7. The highest BCUT2D eigenvalue weighted by molar-refractivity contribution is 6.22. The Labute approximate surface area is 153 Å². The van der Waals surface area contributed by atoms with Crippen LogP contribution in [0.2, 0.25) is 0 Å². The summed E-state index contributed by atoms with van der Waals surface area (Å²) in [6.07, 6.45) is 3.33. The van der Waals surface area contributed by atoms with E-state index in [1.165, 1.54) is 23.2 Å². The van der Waals surface area contributed by atoms with Crippen molar-refractivity contribution in [2.45, 2.75) is 32.7 Å².